The van der Waals surface area contributed by atoms with Gasteiger partial charge in [-0.25, -0.2) is 13.2 Å². The molecule has 0 aromatic heterocycles. The van der Waals surface area contributed by atoms with E-state index in [0.29, 0.717) is 18.6 Å². The maximum atomic E-state index is 12.4. The molecule has 0 radical (unpaired) electrons. The third-order valence-corrected chi connectivity index (χ3v) is 6.89. The molecule has 3 aromatic carbocycles. The van der Waals surface area contributed by atoms with E-state index in [1.54, 1.807) is 36.4 Å². The molecule has 0 spiro atoms. The average molecular weight is 500 g/mol. The van der Waals surface area contributed by atoms with Crippen LogP contribution in [0.5, 0.6) is 17.2 Å². The number of sulfone groups is 1. The molecule has 0 saturated carbocycles. The highest BCUT2D eigenvalue weighted by Gasteiger charge is 2.23. The summed E-state index contributed by atoms with van der Waals surface area (Å²) in [4.78, 5) is 24.2. The van der Waals surface area contributed by atoms with Crippen LogP contribution in [0.4, 0.5) is 0 Å². The lowest BCUT2D eigenvalue weighted by molar-refractivity contribution is -0.146. The molecule has 0 aliphatic heterocycles. The van der Waals surface area contributed by atoms with Crippen LogP contribution in [0, 0.1) is 0 Å². The first-order chi connectivity index (χ1) is 16.7. The van der Waals surface area contributed by atoms with Crippen molar-refractivity contribution in [1.82, 2.24) is 5.32 Å². The molecule has 184 valence electrons. The summed E-state index contributed by atoms with van der Waals surface area (Å²) in [6.45, 7) is 0. The summed E-state index contributed by atoms with van der Waals surface area (Å²) in [5, 5.41) is 21.1. The number of carboxylic acids is 1. The zero-order valence-electron chi connectivity index (χ0n) is 18.9. The molecule has 0 heterocycles. The number of methoxy groups -OCH3 is 1. The van der Waals surface area contributed by atoms with Crippen LogP contribution < -0.4 is 14.8 Å². The summed E-state index contributed by atoms with van der Waals surface area (Å²) < 4.78 is 35.3. The van der Waals surface area contributed by atoms with Gasteiger partial charge >= 0.3 is 5.97 Å². The minimum atomic E-state index is -3.47. The molecule has 0 bridgehead atoms. The molecule has 1 atom stereocenters. The number of carboxylic acid groups (broad SMARTS) is 1. The largest absolute Gasteiger partial charge is 0.508 e. The van der Waals surface area contributed by atoms with E-state index in [9.17, 15) is 28.2 Å². The van der Waals surface area contributed by atoms with E-state index in [2.05, 4.69) is 5.32 Å². The minimum Gasteiger partial charge on any atom is -0.508 e. The van der Waals surface area contributed by atoms with Gasteiger partial charge in [0.15, 0.2) is 9.84 Å². The van der Waals surface area contributed by atoms with Crippen LogP contribution in [-0.4, -0.2) is 49.6 Å². The lowest BCUT2D eigenvalue weighted by atomic mass is 10.1. The summed E-state index contributed by atoms with van der Waals surface area (Å²) in [5.74, 6) is -1.39. The van der Waals surface area contributed by atoms with Gasteiger partial charge in [0.2, 0.25) is 0 Å². The van der Waals surface area contributed by atoms with Gasteiger partial charge in [0, 0.05) is 5.56 Å². The molecule has 0 aliphatic carbocycles. The van der Waals surface area contributed by atoms with Crippen molar-refractivity contribution in [3.63, 3.8) is 0 Å². The molecule has 1 unspecified atom stereocenters. The van der Waals surface area contributed by atoms with E-state index in [0.717, 1.165) is 5.56 Å². The molecule has 0 aliphatic rings. The molecular formula is C25H25NO8S. The average Bonchev–Trinajstić information content (AvgIpc) is 2.84. The normalized spacial score (nSPS) is 11.9. The van der Waals surface area contributed by atoms with Crippen LogP contribution in [-0.2, 0) is 21.1 Å². The predicted molar refractivity (Wildman–Crippen MR) is 127 cm³/mol. The second-order valence-electron chi connectivity index (χ2n) is 7.60. The van der Waals surface area contributed by atoms with Crippen LogP contribution in [0.15, 0.2) is 77.7 Å². The van der Waals surface area contributed by atoms with Gasteiger partial charge in [-0.05, 0) is 73.0 Å². The van der Waals surface area contributed by atoms with Gasteiger partial charge in [0.1, 0.15) is 17.2 Å². The Morgan fingerprint density at radius 2 is 1.66 bits per heavy atom. The molecule has 3 rings (SSSR count). The van der Waals surface area contributed by atoms with Gasteiger partial charge in [-0.15, -0.1) is 0 Å². The number of hydrogen-bond donors (Lipinski definition) is 3. The Morgan fingerprint density at radius 1 is 0.971 bits per heavy atom. The van der Waals surface area contributed by atoms with Crippen molar-refractivity contribution < 1.29 is 37.7 Å². The minimum absolute atomic E-state index is 0.00346. The highest BCUT2D eigenvalue weighted by Crippen LogP contribution is 2.19. The first kappa shape index (κ1) is 25.6. The summed E-state index contributed by atoms with van der Waals surface area (Å²) in [6, 6.07) is 18.2. The molecule has 1 amide bonds. The highest BCUT2D eigenvalue weighted by molar-refractivity contribution is 7.91. The number of phenolic OH excluding ortho intramolecular Hbond substituents is 1. The van der Waals surface area contributed by atoms with Crippen LogP contribution in [0.1, 0.15) is 22.3 Å². The Hall–Kier alpha value is -4.05. The molecule has 35 heavy (non-hydrogen) atoms. The maximum Gasteiger partial charge on any atom is 0.366 e. The van der Waals surface area contributed by atoms with Crippen molar-refractivity contribution in [2.24, 2.45) is 0 Å². The molecule has 9 nitrogen and oxygen atoms in total. The molecule has 10 heteroatoms. The molecule has 3 N–H and O–H groups in total. The summed E-state index contributed by atoms with van der Waals surface area (Å²) in [6.07, 6.45) is -0.764. The predicted octanol–water partition coefficient (Wildman–Crippen LogP) is 3.03. The van der Waals surface area contributed by atoms with Crippen molar-refractivity contribution in [2.45, 2.75) is 24.0 Å². The third kappa shape index (κ3) is 7.21. The van der Waals surface area contributed by atoms with Gasteiger partial charge in [0.25, 0.3) is 12.1 Å². The molecule has 0 saturated heterocycles. The number of nitrogens with one attached hydrogen (secondary N) is 1. The van der Waals surface area contributed by atoms with Gasteiger partial charge in [0.05, 0.1) is 17.8 Å². The fourth-order valence-corrected chi connectivity index (χ4v) is 4.53. The monoisotopic (exact) mass is 499 g/mol. The summed E-state index contributed by atoms with van der Waals surface area (Å²) in [7, 11) is -2.01. The van der Waals surface area contributed by atoms with Crippen molar-refractivity contribution in [3.05, 3.63) is 83.9 Å². The highest BCUT2D eigenvalue weighted by atomic mass is 32.2. The SMILES string of the molecule is COc1cccc(C(=O)NC(Oc2ccc(CCCS(=O)(=O)c3ccc(O)cc3)cc2)C(=O)O)c1. The molecule has 3 aromatic rings. The lowest BCUT2D eigenvalue weighted by Crippen LogP contribution is -2.44. The lowest BCUT2D eigenvalue weighted by Gasteiger charge is -2.17. The second-order valence-corrected chi connectivity index (χ2v) is 9.71. The number of benzene rings is 3. The van der Waals surface area contributed by atoms with E-state index in [1.165, 1.54) is 43.5 Å². The Bertz CT molecular complexity index is 1270. The second kappa shape index (κ2) is 11.4. The topological polar surface area (TPSA) is 139 Å². The summed E-state index contributed by atoms with van der Waals surface area (Å²) >= 11 is 0. The van der Waals surface area contributed by atoms with Crippen LogP contribution in [0.25, 0.3) is 0 Å². The number of hydrogen-bond acceptors (Lipinski definition) is 7. The first-order valence-electron chi connectivity index (χ1n) is 10.6. The van der Waals surface area contributed by atoms with Gasteiger partial charge in [-0.3, -0.25) is 4.79 Å². The quantitative estimate of drug-likeness (QED) is 0.342. The zero-order valence-corrected chi connectivity index (χ0v) is 19.7. The number of aliphatic carboxylic acids is 1. The molecular weight excluding hydrogens is 474 g/mol. The fourth-order valence-electron chi connectivity index (χ4n) is 3.22. The number of ether oxygens (including phenoxy) is 2. The molecule has 0 fully saturated rings. The van der Waals surface area contributed by atoms with Crippen LogP contribution in [0.2, 0.25) is 0 Å². The van der Waals surface area contributed by atoms with E-state index >= 15 is 0 Å². The fraction of sp³-hybridized carbons (Fsp3) is 0.200. The number of carbonyl (C=O) groups is 2. The first-order valence-corrected chi connectivity index (χ1v) is 12.3. The smallest absolute Gasteiger partial charge is 0.366 e. The maximum absolute atomic E-state index is 12.4. The van der Waals surface area contributed by atoms with Gasteiger partial charge in [-0.2, -0.15) is 0 Å². The number of aromatic hydroxyl groups is 1. The van der Waals surface area contributed by atoms with Gasteiger partial charge < -0.3 is 25.0 Å². The van der Waals surface area contributed by atoms with Gasteiger partial charge in [-0.1, -0.05) is 18.2 Å². The number of carbonyl (C=O) groups excluding carboxylic acids is 1. The number of phenols is 1. The number of amides is 1. The Morgan fingerprint density at radius 3 is 2.29 bits per heavy atom. The van der Waals surface area contributed by atoms with E-state index < -0.39 is 27.9 Å². The third-order valence-electron chi connectivity index (χ3n) is 5.07. The standard InChI is InChI=1S/C25H25NO8S/c1-33-21-6-2-5-18(16-21)23(28)26-24(25(29)30)34-20-11-7-17(8-12-20)4-3-15-35(31,32)22-13-9-19(27)10-14-22/h2,5-14,16,24,27H,3-4,15H2,1H3,(H,26,28)(H,29,30). The van der Waals surface area contributed by atoms with Crippen LogP contribution in [0.3, 0.4) is 0 Å². The van der Waals surface area contributed by atoms with E-state index in [-0.39, 0.29) is 27.7 Å². The van der Waals surface area contributed by atoms with E-state index in [4.69, 9.17) is 9.47 Å². The van der Waals surface area contributed by atoms with E-state index in [1.807, 2.05) is 0 Å². The zero-order chi connectivity index (χ0) is 25.4. The number of aryl methyl sites for hydroxylation is 1. The number of rotatable bonds is 11. The van der Waals surface area contributed by atoms with Crippen molar-refractivity contribution in [3.8, 4) is 17.2 Å². The Labute approximate surface area is 202 Å². The van der Waals surface area contributed by atoms with Crippen molar-refractivity contribution in [1.29, 1.82) is 0 Å². The Balaban J connectivity index is 1.56. The van der Waals surface area contributed by atoms with Crippen LogP contribution >= 0.6 is 0 Å². The Kier molecular flexibility index (Phi) is 8.32. The van der Waals surface area contributed by atoms with Crippen molar-refractivity contribution >= 4 is 21.7 Å². The summed E-state index contributed by atoms with van der Waals surface area (Å²) in [5.41, 5.74) is 1.06. The van der Waals surface area contributed by atoms with Crippen molar-refractivity contribution in [2.75, 3.05) is 12.9 Å².